The molecule has 60 heavy (non-hydrogen) atoms. The van der Waals surface area contributed by atoms with Crippen LogP contribution in [-0.2, 0) is 31.0 Å². The van der Waals surface area contributed by atoms with Gasteiger partial charge in [-0.2, -0.15) is 0 Å². The first-order chi connectivity index (χ1) is 27.6. The van der Waals surface area contributed by atoms with Crippen molar-refractivity contribution < 1.29 is 37.0 Å². The Hall–Kier alpha value is -4.58. The third-order valence-corrected chi connectivity index (χ3v) is 13.1. The van der Waals surface area contributed by atoms with Gasteiger partial charge in [0, 0.05) is 11.4 Å². The molecule has 4 rings (SSSR count). The summed E-state index contributed by atoms with van der Waals surface area (Å²) in [5.41, 5.74) is 1.26. The fourth-order valence-electron chi connectivity index (χ4n) is 6.81. The Morgan fingerprint density at radius 1 is 0.600 bits per heavy atom. The van der Waals surface area contributed by atoms with Crippen LogP contribution in [0.3, 0.4) is 0 Å². The van der Waals surface area contributed by atoms with E-state index < -0.39 is 54.7 Å². The van der Waals surface area contributed by atoms with Crippen molar-refractivity contribution >= 4 is 43.3 Å². The number of nitrogens with one attached hydrogen (secondary N) is 2. The van der Waals surface area contributed by atoms with Gasteiger partial charge in [-0.3, -0.25) is 0 Å². The van der Waals surface area contributed by atoms with Gasteiger partial charge in [0.05, 0.1) is 21.0 Å². The molecule has 0 aliphatic carbocycles. The number of halogens is 2. The van der Waals surface area contributed by atoms with Crippen LogP contribution >= 0.6 is 0 Å². The minimum atomic E-state index is -3.72. The zero-order valence-corrected chi connectivity index (χ0v) is 37.4. The summed E-state index contributed by atoms with van der Waals surface area (Å²) in [6.45, 7) is 17.4. The first-order valence-electron chi connectivity index (χ1n) is 19.6. The summed E-state index contributed by atoms with van der Waals surface area (Å²) in [6.07, 6.45) is 0.817. The number of nitrogens with two attached hydrogens (primary N) is 2. The molecule has 0 aliphatic heterocycles. The molecule has 8 N–H and O–H groups in total. The molecule has 326 valence electrons. The maximum atomic E-state index is 15.2. The highest BCUT2D eigenvalue weighted by atomic mass is 32.2. The molecule has 4 aromatic carbocycles. The molecule has 4 amide bonds. The average molecular weight is 869 g/mol. The smallest absolute Gasteiger partial charge is 0.354 e. The fraction of sp³-hybridized carbons (Fsp3) is 0.409. The molecule has 4 atom stereocenters. The lowest BCUT2D eigenvalue weighted by Gasteiger charge is -2.25. The Balaban J connectivity index is 1.64. The topological polar surface area (TPSA) is 210 Å². The molecule has 0 aromatic heterocycles. The maximum Gasteiger partial charge on any atom is 0.354 e. The van der Waals surface area contributed by atoms with Crippen LogP contribution in [0, 0.1) is 11.6 Å². The second-order valence-electron chi connectivity index (χ2n) is 17.0. The quantitative estimate of drug-likeness (QED) is 0.0769. The predicted octanol–water partition coefficient (Wildman–Crippen LogP) is 10.2. The Morgan fingerprint density at radius 2 is 0.883 bits per heavy atom. The third kappa shape index (κ3) is 12.0. The number of hydrogen-bond donors (Lipinski definition) is 6. The standard InChI is InChI=1S/C44H58F2N6O6S2/c1-25(2)35-21-31(45)23-37(39(35)49-41(53)51-59(47,57)33-17-13-29(14-18-33)43(7,8)55)27(5)11-12-28(6)38-24-32(46)22-36(26(3)4)40(38)50-42(54)52-60(48,58)34-19-15-30(16-20-34)44(9,10)56/h13-28,55-56H,11-12H2,1-10H3,(H3,47,49,51,53,57)(H3,48,50,52,54,58). The SMILES string of the molecule is CC(C)c1cc(F)cc(C(C)CCC(C)c2cc(F)cc(C(C)C)c2NC(=O)N=S(N)(=O)c2ccc(C(C)(C)O)cc2)c1NC(=O)N=S(N)(=O)c1ccc(C(C)(C)O)cc1. The average Bonchev–Trinajstić information content (AvgIpc) is 3.13. The molecule has 0 radical (unpaired) electrons. The van der Waals surface area contributed by atoms with Gasteiger partial charge < -0.3 is 20.8 Å². The molecule has 0 saturated heterocycles. The van der Waals surface area contributed by atoms with E-state index in [1.54, 1.807) is 52.0 Å². The van der Waals surface area contributed by atoms with Crippen LogP contribution in [0.5, 0.6) is 0 Å². The molecule has 16 heteroatoms. The maximum absolute atomic E-state index is 15.2. The summed E-state index contributed by atoms with van der Waals surface area (Å²) in [5.74, 6) is -2.31. The van der Waals surface area contributed by atoms with E-state index >= 15 is 8.78 Å². The monoisotopic (exact) mass is 868 g/mol. The van der Waals surface area contributed by atoms with Crippen molar-refractivity contribution in [2.45, 2.75) is 127 Å². The van der Waals surface area contributed by atoms with Gasteiger partial charge in [-0.15, -0.1) is 8.73 Å². The second-order valence-corrected chi connectivity index (χ2v) is 20.5. The Bertz CT molecular complexity index is 2310. The van der Waals surface area contributed by atoms with Gasteiger partial charge in [0.15, 0.2) is 0 Å². The van der Waals surface area contributed by atoms with E-state index in [2.05, 4.69) is 19.4 Å². The van der Waals surface area contributed by atoms with E-state index in [4.69, 9.17) is 10.3 Å². The zero-order chi connectivity index (χ0) is 45.1. The van der Waals surface area contributed by atoms with Gasteiger partial charge in [-0.1, -0.05) is 65.8 Å². The number of aliphatic hydroxyl groups is 2. The van der Waals surface area contributed by atoms with Gasteiger partial charge in [0.25, 0.3) is 0 Å². The molecule has 0 heterocycles. The summed E-state index contributed by atoms with van der Waals surface area (Å²) in [4.78, 5) is 26.9. The van der Waals surface area contributed by atoms with Gasteiger partial charge in [-0.05, 0) is 146 Å². The van der Waals surface area contributed by atoms with Crippen molar-refractivity contribution in [1.29, 1.82) is 0 Å². The lowest BCUT2D eigenvalue weighted by molar-refractivity contribution is 0.0780. The van der Waals surface area contributed by atoms with E-state index in [9.17, 15) is 28.2 Å². The number of amides is 4. The van der Waals surface area contributed by atoms with Gasteiger partial charge in [-0.25, -0.2) is 37.1 Å². The summed E-state index contributed by atoms with van der Waals surface area (Å²) < 4.78 is 65.0. The second kappa shape index (κ2) is 18.6. The number of rotatable bonds is 13. The summed E-state index contributed by atoms with van der Waals surface area (Å²) in [6, 6.07) is 15.2. The van der Waals surface area contributed by atoms with E-state index in [0.717, 1.165) is 0 Å². The molecule has 4 unspecified atom stereocenters. The summed E-state index contributed by atoms with van der Waals surface area (Å²) in [5, 5.41) is 38.1. The molecular weight excluding hydrogens is 811 g/mol. The molecule has 0 fully saturated rings. The molecule has 4 aromatic rings. The molecular formula is C44H58F2N6O6S2. The third-order valence-electron chi connectivity index (χ3n) is 10.4. The van der Waals surface area contributed by atoms with Crippen LogP contribution in [0.1, 0.15) is 139 Å². The van der Waals surface area contributed by atoms with Crippen molar-refractivity contribution in [2.24, 2.45) is 19.0 Å². The molecule has 12 nitrogen and oxygen atoms in total. The van der Waals surface area contributed by atoms with Crippen LogP contribution in [0.2, 0.25) is 0 Å². The Morgan fingerprint density at radius 3 is 1.15 bits per heavy atom. The van der Waals surface area contributed by atoms with Crippen molar-refractivity contribution in [3.05, 3.63) is 118 Å². The van der Waals surface area contributed by atoms with Crippen LogP contribution in [0.4, 0.5) is 29.7 Å². The summed E-state index contributed by atoms with van der Waals surface area (Å²) >= 11 is 0. The van der Waals surface area contributed by atoms with E-state index in [1.165, 1.54) is 48.5 Å². The van der Waals surface area contributed by atoms with Crippen molar-refractivity contribution in [1.82, 2.24) is 0 Å². The summed E-state index contributed by atoms with van der Waals surface area (Å²) in [7, 11) is -7.43. The lowest BCUT2D eigenvalue weighted by Crippen LogP contribution is -2.20. The number of urea groups is 2. The lowest BCUT2D eigenvalue weighted by atomic mass is 9.84. The Labute approximate surface area is 353 Å². The van der Waals surface area contributed by atoms with Crippen LogP contribution in [0.15, 0.2) is 91.3 Å². The number of benzene rings is 4. The van der Waals surface area contributed by atoms with E-state index in [0.29, 0.717) is 57.6 Å². The first-order valence-corrected chi connectivity index (χ1v) is 22.8. The Kier molecular flexibility index (Phi) is 14.9. The van der Waals surface area contributed by atoms with Crippen LogP contribution in [-0.4, -0.2) is 30.7 Å². The fourth-order valence-corrected chi connectivity index (χ4v) is 8.66. The molecule has 0 saturated carbocycles. The first kappa shape index (κ1) is 48.1. The largest absolute Gasteiger partial charge is 0.386 e. The van der Waals surface area contributed by atoms with E-state index in [-0.39, 0.29) is 33.5 Å². The number of nitrogens with zero attached hydrogens (tertiary/aromatic N) is 2. The van der Waals surface area contributed by atoms with E-state index in [1.807, 2.05) is 41.5 Å². The van der Waals surface area contributed by atoms with Crippen LogP contribution < -0.4 is 20.9 Å². The minimum absolute atomic E-state index is 0.0768. The highest BCUT2D eigenvalue weighted by Gasteiger charge is 2.25. The number of carbonyl (C=O) groups is 2. The number of hydrogen-bond acceptors (Lipinski definition) is 6. The van der Waals surface area contributed by atoms with Gasteiger partial charge >= 0.3 is 12.1 Å². The van der Waals surface area contributed by atoms with Crippen LogP contribution in [0.25, 0.3) is 0 Å². The van der Waals surface area contributed by atoms with Gasteiger partial charge in [0.1, 0.15) is 31.5 Å². The zero-order valence-electron chi connectivity index (χ0n) is 35.8. The highest BCUT2D eigenvalue weighted by Crippen LogP contribution is 2.40. The normalized spacial score (nSPS) is 15.2. The number of carbonyl (C=O) groups excluding carboxylic acids is 2. The molecule has 0 aliphatic rings. The van der Waals surface area contributed by atoms with Gasteiger partial charge in [0.2, 0.25) is 0 Å². The molecule has 0 bridgehead atoms. The van der Waals surface area contributed by atoms with Crippen molar-refractivity contribution in [3.8, 4) is 0 Å². The molecule has 0 spiro atoms. The minimum Gasteiger partial charge on any atom is -0.386 e. The number of anilines is 2. The predicted molar refractivity (Wildman–Crippen MR) is 235 cm³/mol. The highest BCUT2D eigenvalue weighted by molar-refractivity contribution is 7.92. The van der Waals surface area contributed by atoms with Crippen molar-refractivity contribution in [2.75, 3.05) is 10.6 Å². The van der Waals surface area contributed by atoms with Crippen molar-refractivity contribution in [3.63, 3.8) is 0 Å².